The van der Waals surface area contributed by atoms with Crippen molar-refractivity contribution < 1.29 is 0 Å². The lowest BCUT2D eigenvalue weighted by Crippen LogP contribution is -2.30. The van der Waals surface area contributed by atoms with Crippen LogP contribution in [-0.2, 0) is 10.8 Å². The number of anilines is 3. The molecule has 0 saturated carbocycles. The van der Waals surface area contributed by atoms with Gasteiger partial charge in [-0.2, -0.15) is 0 Å². The summed E-state index contributed by atoms with van der Waals surface area (Å²) in [4.78, 5) is 2.46. The molecule has 0 bridgehead atoms. The largest absolute Gasteiger partial charge is 0.310 e. The van der Waals surface area contributed by atoms with Crippen molar-refractivity contribution in [2.24, 2.45) is 0 Å². The van der Waals surface area contributed by atoms with Crippen molar-refractivity contribution >= 4 is 27.8 Å². The number of hydrogen-bond donors (Lipinski definition) is 0. The Kier molecular flexibility index (Phi) is 9.05. The fourth-order valence-electron chi connectivity index (χ4n) is 11.8. The lowest BCUT2D eigenvalue weighted by molar-refractivity contribution is 0.754. The normalized spacial score (nSPS) is 13.6. The van der Waals surface area contributed by atoms with Crippen LogP contribution in [0.1, 0.15) is 44.5 Å². The van der Waals surface area contributed by atoms with Gasteiger partial charge in [0.2, 0.25) is 0 Å². The first-order valence-electron chi connectivity index (χ1n) is 23.3. The van der Waals surface area contributed by atoms with Gasteiger partial charge in [0.15, 0.2) is 0 Å². The quantitative estimate of drug-likeness (QED) is 0.147. The van der Waals surface area contributed by atoms with E-state index in [2.05, 4.69) is 278 Å². The van der Waals surface area contributed by atoms with Crippen molar-refractivity contribution in [1.82, 2.24) is 0 Å². The van der Waals surface area contributed by atoms with E-state index in [1.54, 1.807) is 0 Å². The van der Waals surface area contributed by atoms with E-state index in [9.17, 15) is 0 Å². The van der Waals surface area contributed by atoms with Crippen molar-refractivity contribution in [1.29, 1.82) is 0 Å². The average Bonchev–Trinajstić information content (AvgIpc) is 3.88. The van der Waals surface area contributed by atoms with Gasteiger partial charge in [-0.05, 0) is 120 Å². The van der Waals surface area contributed by atoms with Crippen LogP contribution in [0.4, 0.5) is 17.1 Å². The molecule has 0 fully saturated rings. The molecular formula is C66H45N. The van der Waals surface area contributed by atoms with Gasteiger partial charge in [-0.25, -0.2) is 0 Å². The third-order valence-electron chi connectivity index (χ3n) is 14.6. The molecule has 67 heavy (non-hydrogen) atoms. The van der Waals surface area contributed by atoms with E-state index in [1.165, 1.54) is 88.7 Å². The van der Waals surface area contributed by atoms with Crippen LogP contribution in [0.5, 0.6) is 0 Å². The van der Waals surface area contributed by atoms with E-state index >= 15 is 0 Å². The van der Waals surface area contributed by atoms with E-state index in [1.807, 2.05) is 0 Å². The standard InChI is InChI=1S/C66H45N/c1-5-20-46(21-6-1)47-36-39-53(40-37-47)67(64-35-19-23-48-22-13-14-30-55(48)64)54-41-43-63-59(45-54)58-44-52(38-42-62(58)65(63,49-24-7-2-8-25-49)50-26-9-3-10-27-50)66(51-28-11-4-12-29-51)60-33-17-15-31-56(60)57-32-16-18-34-61(57)66/h1-45H. The van der Waals surface area contributed by atoms with Crippen molar-refractivity contribution in [2.45, 2.75) is 10.8 Å². The van der Waals surface area contributed by atoms with E-state index in [4.69, 9.17) is 0 Å². The first-order chi connectivity index (χ1) is 33.2. The van der Waals surface area contributed by atoms with Crippen LogP contribution in [0.3, 0.4) is 0 Å². The summed E-state index contributed by atoms with van der Waals surface area (Å²) in [6, 6.07) is 101. The molecule has 11 aromatic rings. The van der Waals surface area contributed by atoms with Crippen LogP contribution >= 0.6 is 0 Å². The molecule has 0 amide bonds. The molecule has 0 unspecified atom stereocenters. The second-order valence-corrected chi connectivity index (χ2v) is 17.9. The molecule has 0 aromatic heterocycles. The highest BCUT2D eigenvalue weighted by Gasteiger charge is 2.50. The highest BCUT2D eigenvalue weighted by atomic mass is 15.1. The molecule has 2 aliphatic carbocycles. The zero-order valence-electron chi connectivity index (χ0n) is 36.9. The van der Waals surface area contributed by atoms with E-state index in [0.29, 0.717) is 0 Å². The summed E-state index contributed by atoms with van der Waals surface area (Å²) in [5, 5.41) is 2.41. The van der Waals surface area contributed by atoms with Crippen LogP contribution in [-0.4, -0.2) is 0 Å². The molecule has 11 aromatic carbocycles. The number of rotatable bonds is 8. The lowest BCUT2D eigenvalue weighted by atomic mass is 9.65. The van der Waals surface area contributed by atoms with Gasteiger partial charge in [-0.3, -0.25) is 0 Å². The summed E-state index contributed by atoms with van der Waals surface area (Å²) in [5.74, 6) is 0. The zero-order chi connectivity index (χ0) is 44.4. The smallest absolute Gasteiger partial charge is 0.0713 e. The van der Waals surface area contributed by atoms with E-state index in [-0.39, 0.29) is 0 Å². The predicted molar refractivity (Wildman–Crippen MR) is 279 cm³/mol. The number of hydrogen-bond acceptors (Lipinski definition) is 1. The molecule has 0 aliphatic heterocycles. The summed E-state index contributed by atoms with van der Waals surface area (Å²) in [6.07, 6.45) is 0. The fraction of sp³-hybridized carbons (Fsp3) is 0.0303. The van der Waals surface area contributed by atoms with Crippen molar-refractivity contribution in [3.05, 3.63) is 317 Å². The maximum absolute atomic E-state index is 2.55. The minimum absolute atomic E-state index is 0.540. The minimum Gasteiger partial charge on any atom is -0.310 e. The maximum Gasteiger partial charge on any atom is 0.0713 e. The first kappa shape index (κ1) is 38.9. The Morgan fingerprint density at radius 1 is 0.254 bits per heavy atom. The highest BCUT2D eigenvalue weighted by Crippen LogP contribution is 2.61. The highest BCUT2D eigenvalue weighted by molar-refractivity contribution is 6.00. The van der Waals surface area contributed by atoms with Crippen LogP contribution in [0.25, 0.3) is 44.2 Å². The minimum atomic E-state index is -0.572. The molecule has 0 spiro atoms. The Bertz CT molecular complexity index is 3520. The van der Waals surface area contributed by atoms with Gasteiger partial charge in [0.25, 0.3) is 0 Å². The Morgan fingerprint density at radius 3 is 1.30 bits per heavy atom. The molecule has 0 atom stereocenters. The molecule has 0 radical (unpaired) electrons. The summed E-state index contributed by atoms with van der Waals surface area (Å²) < 4.78 is 0. The number of fused-ring (bicyclic) bond motifs is 7. The van der Waals surface area contributed by atoms with E-state index < -0.39 is 10.8 Å². The fourth-order valence-corrected chi connectivity index (χ4v) is 11.8. The Labute approximate surface area is 392 Å². The van der Waals surface area contributed by atoms with Gasteiger partial charge in [-0.15, -0.1) is 0 Å². The van der Waals surface area contributed by atoms with Crippen molar-refractivity contribution in [3.63, 3.8) is 0 Å². The van der Waals surface area contributed by atoms with Gasteiger partial charge >= 0.3 is 0 Å². The van der Waals surface area contributed by atoms with Gasteiger partial charge in [0, 0.05) is 16.8 Å². The summed E-state index contributed by atoms with van der Waals surface area (Å²) in [6.45, 7) is 0. The molecule has 314 valence electrons. The molecule has 1 heteroatoms. The number of benzene rings is 11. The molecular weight excluding hydrogens is 807 g/mol. The van der Waals surface area contributed by atoms with Crippen LogP contribution in [0.15, 0.2) is 273 Å². The van der Waals surface area contributed by atoms with Crippen molar-refractivity contribution in [3.8, 4) is 33.4 Å². The number of nitrogens with zero attached hydrogens (tertiary/aromatic N) is 1. The van der Waals surface area contributed by atoms with Crippen molar-refractivity contribution in [2.75, 3.05) is 4.90 Å². The van der Waals surface area contributed by atoms with Crippen LogP contribution < -0.4 is 4.90 Å². The second kappa shape index (κ2) is 15.6. The van der Waals surface area contributed by atoms with Gasteiger partial charge < -0.3 is 4.90 Å². The summed E-state index contributed by atoms with van der Waals surface area (Å²) in [5.41, 5.74) is 19.9. The van der Waals surface area contributed by atoms with Crippen LogP contribution in [0, 0.1) is 0 Å². The molecule has 13 rings (SSSR count). The molecule has 2 aliphatic rings. The van der Waals surface area contributed by atoms with Gasteiger partial charge in [-0.1, -0.05) is 237 Å². The topological polar surface area (TPSA) is 3.24 Å². The second-order valence-electron chi connectivity index (χ2n) is 17.9. The third-order valence-corrected chi connectivity index (χ3v) is 14.6. The Hall–Kier alpha value is -8.52. The van der Waals surface area contributed by atoms with Gasteiger partial charge in [0.1, 0.15) is 0 Å². The SMILES string of the molecule is c1ccc(-c2ccc(N(c3ccc4c(c3)-c3cc(C5(c6ccccc6)c6ccccc6-c6ccccc65)ccc3C4(c3ccccc3)c3ccccc3)c3cccc4ccccc34)cc2)cc1. The summed E-state index contributed by atoms with van der Waals surface area (Å²) >= 11 is 0. The average molecular weight is 852 g/mol. The first-order valence-corrected chi connectivity index (χ1v) is 23.3. The molecule has 0 heterocycles. The molecule has 1 nitrogen and oxygen atoms in total. The Balaban J connectivity index is 1.11. The predicted octanol–water partition coefficient (Wildman–Crippen LogP) is 16.7. The lowest BCUT2D eigenvalue weighted by Gasteiger charge is -2.36. The molecule has 0 saturated heterocycles. The molecule has 0 N–H and O–H groups in total. The Morgan fingerprint density at radius 2 is 0.687 bits per heavy atom. The van der Waals surface area contributed by atoms with E-state index in [0.717, 1.165) is 17.1 Å². The van der Waals surface area contributed by atoms with Gasteiger partial charge in [0.05, 0.1) is 16.5 Å². The third kappa shape index (κ3) is 5.81. The zero-order valence-corrected chi connectivity index (χ0v) is 36.9. The maximum atomic E-state index is 2.55. The monoisotopic (exact) mass is 851 g/mol. The van der Waals surface area contributed by atoms with Crippen LogP contribution in [0.2, 0.25) is 0 Å². The summed E-state index contributed by atoms with van der Waals surface area (Å²) in [7, 11) is 0.